The van der Waals surface area contributed by atoms with Crippen LogP contribution in [0.3, 0.4) is 0 Å². The van der Waals surface area contributed by atoms with E-state index >= 15 is 0 Å². The van der Waals surface area contributed by atoms with E-state index in [2.05, 4.69) is 154 Å². The van der Waals surface area contributed by atoms with Crippen molar-refractivity contribution in [3.8, 4) is 0 Å². The van der Waals surface area contributed by atoms with Gasteiger partial charge in [-0.3, -0.25) is 0 Å². The Balaban J connectivity index is 0.962. The van der Waals surface area contributed by atoms with Gasteiger partial charge in [-0.15, -0.1) is 10.2 Å². The fourth-order valence-electron chi connectivity index (χ4n) is 8.02. The maximum absolute atomic E-state index is 4.88. The number of benzene rings is 5. The van der Waals surface area contributed by atoms with Crippen LogP contribution in [0.5, 0.6) is 0 Å². The second-order valence-electron chi connectivity index (χ2n) is 13.7. The molecule has 0 spiro atoms. The molecule has 0 aliphatic carbocycles. The number of hydrogen-bond donors (Lipinski definition) is 0. The third kappa shape index (κ3) is 5.38. The molecule has 0 aromatic heterocycles. The topological polar surface area (TPSA) is 37.2 Å². The number of para-hydroxylation sites is 4. The molecule has 4 heterocycles. The fraction of sp³-hybridized carbons (Fsp3) is 0.209. The standard InChI is InChI=1S/C43H40N6/c1-46-36(23-32-11-3-7-15-38(32)46)27-37-24-33-12-5-9-17-40(33)48(37)28-30-19-21-31(22-20-30)29-49-41-18-10-6-14-35(41)26-43(49)45-44-42-25-34-13-4-8-16-39(34)47(42)2/h3-22H,23-29H2,1-2H3/q+2/b44-42+,45-43-. The smallest absolute Gasteiger partial charge is 0.209 e. The summed E-state index contributed by atoms with van der Waals surface area (Å²) in [6.45, 7) is 1.62. The lowest BCUT2D eigenvalue weighted by atomic mass is 10.0. The third-order valence-electron chi connectivity index (χ3n) is 10.7. The summed E-state index contributed by atoms with van der Waals surface area (Å²) < 4.78 is 4.97. The van der Waals surface area contributed by atoms with E-state index in [0.717, 1.165) is 56.9 Å². The molecule has 49 heavy (non-hydrogen) atoms. The largest absolute Gasteiger partial charge is 0.331 e. The first-order chi connectivity index (χ1) is 24.1. The van der Waals surface area contributed by atoms with E-state index < -0.39 is 0 Å². The predicted octanol–water partition coefficient (Wildman–Crippen LogP) is 7.86. The molecule has 5 aromatic rings. The molecule has 4 aliphatic heterocycles. The molecule has 6 nitrogen and oxygen atoms in total. The van der Waals surface area contributed by atoms with Crippen LogP contribution in [0.1, 0.15) is 39.8 Å². The van der Waals surface area contributed by atoms with Gasteiger partial charge in [0, 0.05) is 66.6 Å². The highest BCUT2D eigenvalue weighted by Crippen LogP contribution is 2.34. The lowest BCUT2D eigenvalue weighted by Gasteiger charge is -2.20. The van der Waals surface area contributed by atoms with Gasteiger partial charge in [0.05, 0.1) is 12.8 Å². The highest BCUT2D eigenvalue weighted by atomic mass is 15.4. The molecule has 6 heteroatoms. The Labute approximate surface area is 288 Å². The monoisotopic (exact) mass is 640 g/mol. The first-order valence-electron chi connectivity index (χ1n) is 17.3. The van der Waals surface area contributed by atoms with Crippen molar-refractivity contribution in [2.45, 2.75) is 45.2 Å². The Bertz CT molecular complexity index is 2240. The molecule has 0 unspecified atom stereocenters. The number of nitrogens with zero attached hydrogens (tertiary/aromatic N) is 6. The summed E-state index contributed by atoms with van der Waals surface area (Å²) in [6, 6.07) is 44.1. The van der Waals surface area contributed by atoms with Crippen LogP contribution in [0.4, 0.5) is 22.7 Å². The quantitative estimate of drug-likeness (QED) is 0.134. The predicted molar refractivity (Wildman–Crippen MR) is 201 cm³/mol. The molecule has 0 atom stereocenters. The van der Waals surface area contributed by atoms with Crippen molar-refractivity contribution < 1.29 is 9.15 Å². The molecule has 4 aliphatic rings. The molecule has 5 aromatic carbocycles. The van der Waals surface area contributed by atoms with Gasteiger partial charge in [0.15, 0.2) is 18.0 Å². The van der Waals surface area contributed by atoms with Crippen molar-refractivity contribution in [2.75, 3.05) is 23.9 Å². The van der Waals surface area contributed by atoms with E-state index in [0.29, 0.717) is 0 Å². The summed E-state index contributed by atoms with van der Waals surface area (Å²) >= 11 is 0. The summed E-state index contributed by atoms with van der Waals surface area (Å²) in [5.74, 6) is 1.97. The zero-order valence-corrected chi connectivity index (χ0v) is 28.2. The molecule has 0 fully saturated rings. The zero-order chi connectivity index (χ0) is 32.9. The minimum absolute atomic E-state index is 0.756. The van der Waals surface area contributed by atoms with Crippen molar-refractivity contribution in [3.63, 3.8) is 0 Å². The van der Waals surface area contributed by atoms with Crippen LogP contribution in [0, 0.1) is 0 Å². The number of rotatable bonds is 7. The molecular formula is C43H40N6+2. The van der Waals surface area contributed by atoms with Gasteiger partial charge in [0.1, 0.15) is 25.1 Å². The van der Waals surface area contributed by atoms with Crippen molar-refractivity contribution in [3.05, 3.63) is 155 Å². The molecule has 0 bridgehead atoms. The van der Waals surface area contributed by atoms with E-state index in [4.69, 9.17) is 10.2 Å². The number of amidine groups is 2. The minimum Gasteiger partial charge on any atom is -0.331 e. The Morgan fingerprint density at radius 3 is 1.84 bits per heavy atom. The maximum atomic E-state index is 4.88. The Morgan fingerprint density at radius 2 is 1.10 bits per heavy atom. The molecule has 0 N–H and O–H groups in total. The van der Waals surface area contributed by atoms with Crippen LogP contribution in [0.2, 0.25) is 0 Å². The summed E-state index contributed by atoms with van der Waals surface area (Å²) in [7, 11) is 4.31. The molecule has 0 saturated carbocycles. The van der Waals surface area contributed by atoms with Crippen LogP contribution in [-0.4, -0.2) is 46.3 Å². The summed E-state index contributed by atoms with van der Waals surface area (Å²) in [4.78, 5) is 4.50. The van der Waals surface area contributed by atoms with E-state index in [1.165, 1.54) is 67.6 Å². The summed E-state index contributed by atoms with van der Waals surface area (Å²) in [5.41, 5.74) is 16.1. The van der Waals surface area contributed by atoms with Gasteiger partial charge >= 0.3 is 0 Å². The number of likely N-dealkylation sites (N-methyl/N-ethyl adjacent to an activating group) is 1. The maximum Gasteiger partial charge on any atom is 0.209 e. The van der Waals surface area contributed by atoms with Gasteiger partial charge in [0.25, 0.3) is 0 Å². The first-order valence-corrected chi connectivity index (χ1v) is 17.3. The number of fused-ring (bicyclic) bond motifs is 4. The van der Waals surface area contributed by atoms with Gasteiger partial charge in [-0.05, 0) is 28.8 Å². The van der Waals surface area contributed by atoms with Gasteiger partial charge in [-0.1, -0.05) is 97.1 Å². The highest BCUT2D eigenvalue weighted by molar-refractivity contribution is 6.08. The van der Waals surface area contributed by atoms with Crippen molar-refractivity contribution >= 4 is 45.8 Å². The highest BCUT2D eigenvalue weighted by Gasteiger charge is 2.35. The zero-order valence-electron chi connectivity index (χ0n) is 28.2. The van der Waals surface area contributed by atoms with Crippen LogP contribution >= 0.6 is 0 Å². The average molecular weight is 641 g/mol. The lowest BCUT2D eigenvalue weighted by Crippen LogP contribution is -2.27. The van der Waals surface area contributed by atoms with Gasteiger partial charge in [-0.2, -0.15) is 4.58 Å². The van der Waals surface area contributed by atoms with E-state index in [1.54, 1.807) is 0 Å². The Kier molecular flexibility index (Phi) is 7.30. The second-order valence-corrected chi connectivity index (χ2v) is 13.7. The molecule has 0 radical (unpaired) electrons. The van der Waals surface area contributed by atoms with Gasteiger partial charge < -0.3 is 9.80 Å². The van der Waals surface area contributed by atoms with Crippen molar-refractivity contribution in [1.29, 1.82) is 0 Å². The normalized spacial score (nSPS) is 17.8. The Hall–Kier alpha value is -5.62. The van der Waals surface area contributed by atoms with Crippen molar-refractivity contribution in [2.24, 2.45) is 10.2 Å². The molecule has 0 amide bonds. The van der Waals surface area contributed by atoms with Gasteiger partial charge in [0.2, 0.25) is 11.4 Å². The van der Waals surface area contributed by atoms with Crippen LogP contribution in [-0.2, 0) is 38.8 Å². The second kappa shape index (κ2) is 12.1. The molecule has 0 saturated heterocycles. The summed E-state index contributed by atoms with van der Waals surface area (Å²) in [5, 5.41) is 9.68. The van der Waals surface area contributed by atoms with E-state index in [1.807, 2.05) is 0 Å². The number of anilines is 2. The average Bonchev–Trinajstić information content (AvgIpc) is 3.86. The molecule has 240 valence electrons. The first kappa shape index (κ1) is 29.5. The minimum atomic E-state index is 0.756. The lowest BCUT2D eigenvalue weighted by molar-refractivity contribution is -0.456. The summed E-state index contributed by atoms with van der Waals surface area (Å²) in [6.07, 6.45) is 4.61. The number of hydrogen-bond acceptors (Lipinski definition) is 2. The molecule has 9 rings (SSSR count). The van der Waals surface area contributed by atoms with Crippen LogP contribution < -0.4 is 9.80 Å². The van der Waals surface area contributed by atoms with Crippen LogP contribution in [0.15, 0.2) is 132 Å². The van der Waals surface area contributed by atoms with E-state index in [-0.39, 0.29) is 0 Å². The molecular weight excluding hydrogens is 601 g/mol. The Morgan fingerprint density at radius 1 is 0.551 bits per heavy atom. The van der Waals surface area contributed by atoms with Gasteiger partial charge in [-0.25, -0.2) is 4.58 Å². The fourth-order valence-corrected chi connectivity index (χ4v) is 8.02. The van der Waals surface area contributed by atoms with Crippen molar-refractivity contribution in [1.82, 2.24) is 0 Å². The van der Waals surface area contributed by atoms with Crippen LogP contribution in [0.25, 0.3) is 0 Å². The SMILES string of the molecule is CN1/C(=N/N=C2/Cc3ccccc3N2Cc2ccc(C[N+]3=C(CC4=[N+](C)c5ccccc5C4)Cc4ccccc43)cc2)Cc2ccccc21. The van der Waals surface area contributed by atoms with E-state index in [9.17, 15) is 0 Å². The third-order valence-corrected chi connectivity index (χ3v) is 10.7.